The van der Waals surface area contributed by atoms with Crippen molar-refractivity contribution < 1.29 is 10.2 Å². The van der Waals surface area contributed by atoms with Crippen LogP contribution >= 0.6 is 11.6 Å². The molecule has 4 unspecified atom stereocenters. The molecule has 1 aromatic carbocycles. The number of hydrogen-bond donors (Lipinski definition) is 2. The Morgan fingerprint density at radius 1 is 1.30 bits per heavy atom. The lowest BCUT2D eigenvalue weighted by Crippen LogP contribution is -2.26. The highest BCUT2D eigenvalue weighted by molar-refractivity contribution is 6.30. The molecule has 0 bridgehead atoms. The minimum Gasteiger partial charge on any atom is -0.393 e. The van der Waals surface area contributed by atoms with Gasteiger partial charge in [0.1, 0.15) is 0 Å². The maximum absolute atomic E-state index is 10.2. The molecule has 3 nitrogen and oxygen atoms in total. The van der Waals surface area contributed by atoms with E-state index in [9.17, 15) is 10.2 Å². The van der Waals surface area contributed by atoms with Crippen molar-refractivity contribution >= 4 is 11.6 Å². The first kappa shape index (κ1) is 14.3. The second-order valence-electron chi connectivity index (χ2n) is 6.19. The molecule has 2 aliphatic rings. The number of aliphatic hydroxyl groups is 2. The van der Waals surface area contributed by atoms with Gasteiger partial charge in [0.25, 0.3) is 0 Å². The molecular formula is C16H22ClNO2. The summed E-state index contributed by atoms with van der Waals surface area (Å²) in [5.41, 5.74) is 0.886. The van der Waals surface area contributed by atoms with Gasteiger partial charge in [0.2, 0.25) is 0 Å². The van der Waals surface area contributed by atoms with Gasteiger partial charge in [-0.1, -0.05) is 23.7 Å². The lowest BCUT2D eigenvalue weighted by molar-refractivity contribution is 0.117. The normalized spacial score (nSPS) is 31.4. The first-order valence-corrected chi connectivity index (χ1v) is 7.85. The Bertz CT molecular complexity index is 468. The van der Waals surface area contributed by atoms with Crippen molar-refractivity contribution in [2.45, 2.75) is 31.5 Å². The van der Waals surface area contributed by atoms with Crippen molar-refractivity contribution in [3.8, 4) is 0 Å². The Labute approximate surface area is 125 Å². The van der Waals surface area contributed by atoms with E-state index in [0.717, 1.165) is 44.5 Å². The number of hydrogen-bond acceptors (Lipinski definition) is 3. The lowest BCUT2D eigenvalue weighted by atomic mass is 10.00. The molecule has 1 saturated heterocycles. The molecule has 4 atom stereocenters. The molecule has 1 aliphatic carbocycles. The Morgan fingerprint density at radius 2 is 2.15 bits per heavy atom. The Balaban J connectivity index is 1.50. The number of halogens is 1. The highest BCUT2D eigenvalue weighted by Gasteiger charge is 2.41. The molecule has 110 valence electrons. The van der Waals surface area contributed by atoms with Gasteiger partial charge in [-0.15, -0.1) is 0 Å². The van der Waals surface area contributed by atoms with Crippen LogP contribution in [0.4, 0.5) is 0 Å². The Kier molecular flexibility index (Phi) is 4.32. The third-order valence-electron chi connectivity index (χ3n) is 4.85. The van der Waals surface area contributed by atoms with Crippen LogP contribution in [0.25, 0.3) is 0 Å². The van der Waals surface area contributed by atoms with Crippen molar-refractivity contribution in [1.82, 2.24) is 4.90 Å². The van der Waals surface area contributed by atoms with Gasteiger partial charge in [-0.05, 0) is 42.9 Å². The van der Waals surface area contributed by atoms with Gasteiger partial charge in [-0.3, -0.25) is 0 Å². The maximum Gasteiger partial charge on any atom is 0.0802 e. The minimum absolute atomic E-state index is 0.108. The largest absolute Gasteiger partial charge is 0.393 e. The van der Waals surface area contributed by atoms with Crippen LogP contribution in [0.2, 0.25) is 5.02 Å². The van der Waals surface area contributed by atoms with Crippen LogP contribution in [0.3, 0.4) is 0 Å². The zero-order valence-corrected chi connectivity index (χ0v) is 12.3. The molecule has 4 heteroatoms. The summed E-state index contributed by atoms with van der Waals surface area (Å²) in [6, 6.07) is 7.44. The number of likely N-dealkylation sites (tertiary alicyclic amines) is 1. The topological polar surface area (TPSA) is 43.7 Å². The van der Waals surface area contributed by atoms with Gasteiger partial charge in [0.15, 0.2) is 0 Å². The fourth-order valence-electron chi connectivity index (χ4n) is 3.70. The molecular weight excluding hydrogens is 274 g/mol. The van der Waals surface area contributed by atoms with Crippen LogP contribution in [0.15, 0.2) is 24.3 Å². The number of aliphatic hydroxyl groups excluding tert-OH is 2. The van der Waals surface area contributed by atoms with E-state index in [0.29, 0.717) is 16.9 Å². The summed E-state index contributed by atoms with van der Waals surface area (Å²) in [5.74, 6) is 1.12. The molecule has 0 aromatic heterocycles. The summed E-state index contributed by atoms with van der Waals surface area (Å²) >= 11 is 5.95. The van der Waals surface area contributed by atoms with Crippen LogP contribution in [0.5, 0.6) is 0 Å². The maximum atomic E-state index is 10.2. The van der Waals surface area contributed by atoms with Gasteiger partial charge in [0, 0.05) is 30.6 Å². The smallest absolute Gasteiger partial charge is 0.0802 e. The van der Waals surface area contributed by atoms with Gasteiger partial charge in [-0.2, -0.15) is 0 Å². The number of benzene rings is 1. The predicted molar refractivity (Wildman–Crippen MR) is 79.7 cm³/mol. The molecule has 2 N–H and O–H groups in total. The summed E-state index contributed by atoms with van der Waals surface area (Å²) < 4.78 is 0. The van der Waals surface area contributed by atoms with Crippen molar-refractivity contribution in [3.05, 3.63) is 34.9 Å². The lowest BCUT2D eigenvalue weighted by Gasteiger charge is -2.20. The van der Waals surface area contributed by atoms with Gasteiger partial charge in [-0.25, -0.2) is 0 Å². The Hall–Kier alpha value is -0.610. The molecule has 1 aliphatic heterocycles. The second-order valence-corrected chi connectivity index (χ2v) is 6.62. The first-order chi connectivity index (χ1) is 9.63. The second kappa shape index (κ2) is 6.02. The number of fused-ring (bicyclic) bond motifs is 1. The van der Waals surface area contributed by atoms with E-state index in [1.54, 1.807) is 0 Å². The summed E-state index contributed by atoms with van der Waals surface area (Å²) in [6.07, 6.45) is 2.27. The van der Waals surface area contributed by atoms with Crippen LogP contribution in [0, 0.1) is 11.8 Å². The highest BCUT2D eigenvalue weighted by Crippen LogP contribution is 2.38. The van der Waals surface area contributed by atoms with Crippen molar-refractivity contribution in [2.24, 2.45) is 11.8 Å². The molecule has 1 aromatic rings. The van der Waals surface area contributed by atoms with Crippen LogP contribution in [0.1, 0.15) is 30.9 Å². The SMILES string of the molecule is OC(CCN1CC2CCC(O)C2C1)c1cccc(Cl)c1. The van der Waals surface area contributed by atoms with E-state index in [1.165, 1.54) is 0 Å². The summed E-state index contributed by atoms with van der Waals surface area (Å²) in [6.45, 7) is 2.94. The quantitative estimate of drug-likeness (QED) is 0.897. The third-order valence-corrected chi connectivity index (χ3v) is 5.08. The fourth-order valence-corrected chi connectivity index (χ4v) is 3.90. The average Bonchev–Trinajstić information content (AvgIpc) is 2.98. The zero-order valence-electron chi connectivity index (χ0n) is 11.6. The standard InChI is InChI=1S/C16H22ClNO2/c17-13-3-1-2-11(8-13)15(19)6-7-18-9-12-4-5-16(20)14(12)10-18/h1-3,8,12,14-16,19-20H,4-7,9-10H2. The number of rotatable bonds is 4. The Morgan fingerprint density at radius 3 is 2.90 bits per heavy atom. The molecule has 0 spiro atoms. The zero-order chi connectivity index (χ0) is 14.1. The monoisotopic (exact) mass is 295 g/mol. The third kappa shape index (κ3) is 3.01. The van der Waals surface area contributed by atoms with Gasteiger partial charge < -0.3 is 15.1 Å². The number of nitrogens with zero attached hydrogens (tertiary/aromatic N) is 1. The van der Waals surface area contributed by atoms with E-state index in [2.05, 4.69) is 4.90 Å². The minimum atomic E-state index is -0.459. The summed E-state index contributed by atoms with van der Waals surface area (Å²) in [5, 5.41) is 20.8. The van der Waals surface area contributed by atoms with E-state index < -0.39 is 6.10 Å². The van der Waals surface area contributed by atoms with E-state index in [-0.39, 0.29) is 6.10 Å². The summed E-state index contributed by atoms with van der Waals surface area (Å²) in [7, 11) is 0. The van der Waals surface area contributed by atoms with E-state index in [4.69, 9.17) is 11.6 Å². The molecule has 0 amide bonds. The van der Waals surface area contributed by atoms with Gasteiger partial charge >= 0.3 is 0 Å². The van der Waals surface area contributed by atoms with Crippen molar-refractivity contribution in [1.29, 1.82) is 0 Å². The molecule has 2 fully saturated rings. The van der Waals surface area contributed by atoms with Crippen molar-refractivity contribution in [2.75, 3.05) is 19.6 Å². The fraction of sp³-hybridized carbons (Fsp3) is 0.625. The predicted octanol–water partition coefficient (Wildman–Crippen LogP) is 2.47. The van der Waals surface area contributed by atoms with Crippen LogP contribution < -0.4 is 0 Å². The van der Waals surface area contributed by atoms with E-state index >= 15 is 0 Å². The molecule has 0 radical (unpaired) electrons. The van der Waals surface area contributed by atoms with Crippen molar-refractivity contribution in [3.63, 3.8) is 0 Å². The average molecular weight is 296 g/mol. The molecule has 1 heterocycles. The molecule has 3 rings (SSSR count). The van der Waals surface area contributed by atoms with E-state index in [1.807, 2.05) is 24.3 Å². The van der Waals surface area contributed by atoms with Crippen LogP contribution in [-0.4, -0.2) is 40.9 Å². The van der Waals surface area contributed by atoms with Gasteiger partial charge in [0.05, 0.1) is 12.2 Å². The van der Waals surface area contributed by atoms with Crippen LogP contribution in [-0.2, 0) is 0 Å². The highest BCUT2D eigenvalue weighted by atomic mass is 35.5. The first-order valence-electron chi connectivity index (χ1n) is 7.47. The summed E-state index contributed by atoms with van der Waals surface area (Å²) in [4.78, 5) is 2.38. The molecule has 1 saturated carbocycles. The molecule has 20 heavy (non-hydrogen) atoms.